The standard InChI is InChI=1S/C14H8/c1-3-7-13-11(5-1)9-10-12-6-2-4-8-14(12)13/h3-10H/q-2. The molecule has 0 fully saturated rings. The zero-order valence-electron chi connectivity index (χ0n) is 7.62. The molecule has 0 heterocycles. The third-order valence-electron chi connectivity index (χ3n) is 2.52. The normalized spacial score (nSPS) is 10.9. The molecule has 0 aromatic heterocycles. The van der Waals surface area contributed by atoms with Gasteiger partial charge in [0.05, 0.1) is 0 Å². The third-order valence-corrected chi connectivity index (χ3v) is 2.52. The molecule has 3 rings (SSSR count). The molecule has 0 amide bonds. The molecule has 0 saturated carbocycles. The van der Waals surface area contributed by atoms with E-state index in [2.05, 4.69) is 36.4 Å². The SMILES string of the molecule is [c-]1ccc2c(c1)ccc1c[c-]ccc12. The summed E-state index contributed by atoms with van der Waals surface area (Å²) in [6, 6.07) is 22.6. The van der Waals surface area contributed by atoms with Crippen molar-refractivity contribution in [2.24, 2.45) is 0 Å². The lowest BCUT2D eigenvalue weighted by Crippen LogP contribution is -1.76. The summed E-state index contributed by atoms with van der Waals surface area (Å²) in [5.74, 6) is 0. The molecule has 0 radical (unpaired) electrons. The van der Waals surface area contributed by atoms with Crippen LogP contribution in [0.4, 0.5) is 0 Å². The summed E-state index contributed by atoms with van der Waals surface area (Å²) >= 11 is 0. The van der Waals surface area contributed by atoms with Gasteiger partial charge in [0.1, 0.15) is 0 Å². The highest BCUT2D eigenvalue weighted by molar-refractivity contribution is 6.07. The number of benzene rings is 3. The van der Waals surface area contributed by atoms with Gasteiger partial charge in [-0.05, 0) is 0 Å². The number of hydrogen-bond acceptors (Lipinski definition) is 0. The topological polar surface area (TPSA) is 0 Å². The van der Waals surface area contributed by atoms with Crippen LogP contribution in [0, 0.1) is 12.1 Å². The molecule has 0 N–H and O–H groups in total. The van der Waals surface area contributed by atoms with Crippen LogP contribution in [0.15, 0.2) is 48.5 Å². The van der Waals surface area contributed by atoms with Gasteiger partial charge in [-0.1, -0.05) is 0 Å². The average Bonchev–Trinajstić information content (AvgIpc) is 2.29. The summed E-state index contributed by atoms with van der Waals surface area (Å²) < 4.78 is 0. The van der Waals surface area contributed by atoms with Crippen molar-refractivity contribution < 1.29 is 0 Å². The first-order valence-corrected chi connectivity index (χ1v) is 4.64. The molecule has 0 saturated heterocycles. The van der Waals surface area contributed by atoms with Crippen LogP contribution in [0.25, 0.3) is 21.5 Å². The van der Waals surface area contributed by atoms with E-state index in [1.165, 1.54) is 21.5 Å². The first kappa shape index (κ1) is 7.57. The molecule has 3 aromatic rings. The van der Waals surface area contributed by atoms with E-state index in [1.807, 2.05) is 24.3 Å². The Kier molecular flexibility index (Phi) is 1.54. The number of fused-ring (bicyclic) bond motifs is 3. The Morgan fingerprint density at radius 2 is 1.14 bits per heavy atom. The van der Waals surface area contributed by atoms with Crippen molar-refractivity contribution in [1.29, 1.82) is 0 Å². The van der Waals surface area contributed by atoms with Gasteiger partial charge in [0.15, 0.2) is 0 Å². The van der Waals surface area contributed by atoms with E-state index in [0.717, 1.165) is 0 Å². The minimum Gasteiger partial charge on any atom is -0.183 e. The summed E-state index contributed by atoms with van der Waals surface area (Å²) in [5, 5.41) is 5.06. The van der Waals surface area contributed by atoms with Gasteiger partial charge >= 0.3 is 0 Å². The Morgan fingerprint density at radius 3 is 1.64 bits per heavy atom. The highest BCUT2D eigenvalue weighted by Crippen LogP contribution is 2.24. The van der Waals surface area contributed by atoms with Crippen molar-refractivity contribution in [3.05, 3.63) is 60.7 Å². The number of rotatable bonds is 0. The molecule has 0 unspecified atom stereocenters. The fourth-order valence-corrected chi connectivity index (χ4v) is 1.83. The minimum atomic E-state index is 1.24. The highest BCUT2D eigenvalue weighted by atomic mass is 14.0. The third kappa shape index (κ3) is 1.01. The minimum absolute atomic E-state index is 1.24. The summed E-state index contributed by atoms with van der Waals surface area (Å²) in [5.41, 5.74) is 0. The fraction of sp³-hybridized carbons (Fsp3) is 0. The summed E-state index contributed by atoms with van der Waals surface area (Å²) in [7, 11) is 0. The predicted octanol–water partition coefficient (Wildman–Crippen LogP) is 3.59. The lowest BCUT2D eigenvalue weighted by Gasteiger charge is -2.13. The van der Waals surface area contributed by atoms with E-state index in [4.69, 9.17) is 0 Å². The predicted molar refractivity (Wildman–Crippen MR) is 59.1 cm³/mol. The van der Waals surface area contributed by atoms with Gasteiger partial charge in [-0.15, -0.1) is 33.7 Å². The molecule has 3 aromatic carbocycles. The lowest BCUT2D eigenvalue weighted by molar-refractivity contribution is 1.75. The molecule has 0 aliphatic rings. The number of hydrogen-bond donors (Lipinski definition) is 0. The van der Waals surface area contributed by atoms with Crippen molar-refractivity contribution in [2.45, 2.75) is 0 Å². The van der Waals surface area contributed by atoms with Crippen LogP contribution in [0.2, 0.25) is 0 Å². The van der Waals surface area contributed by atoms with Gasteiger partial charge in [0, 0.05) is 0 Å². The maximum Gasteiger partial charge on any atom is -0.122 e. The maximum absolute atomic E-state index is 3.09. The Bertz CT molecular complexity index is 539. The van der Waals surface area contributed by atoms with Crippen LogP contribution >= 0.6 is 0 Å². The molecule has 66 valence electrons. The molecule has 0 heteroatoms. The Balaban J connectivity index is 2.61. The molecule has 0 bridgehead atoms. The zero-order valence-corrected chi connectivity index (χ0v) is 7.62. The molecular weight excluding hydrogens is 168 g/mol. The highest BCUT2D eigenvalue weighted by Gasteiger charge is 1.85. The van der Waals surface area contributed by atoms with Crippen LogP contribution in [0.1, 0.15) is 0 Å². The lowest BCUT2D eigenvalue weighted by atomic mass is 10.0. The van der Waals surface area contributed by atoms with Crippen molar-refractivity contribution in [1.82, 2.24) is 0 Å². The van der Waals surface area contributed by atoms with Gasteiger partial charge in [0.25, 0.3) is 0 Å². The van der Waals surface area contributed by atoms with Crippen LogP contribution in [-0.4, -0.2) is 0 Å². The van der Waals surface area contributed by atoms with E-state index in [1.54, 1.807) is 0 Å². The van der Waals surface area contributed by atoms with Gasteiger partial charge in [-0.2, -0.15) is 48.5 Å². The Morgan fingerprint density at radius 1 is 0.643 bits per heavy atom. The monoisotopic (exact) mass is 176 g/mol. The van der Waals surface area contributed by atoms with Crippen LogP contribution in [0.5, 0.6) is 0 Å². The smallest absolute Gasteiger partial charge is 0.122 e. The Labute approximate surface area is 82.8 Å². The second kappa shape index (κ2) is 2.85. The molecule has 0 aliphatic heterocycles. The second-order valence-corrected chi connectivity index (χ2v) is 3.36. The van der Waals surface area contributed by atoms with Crippen molar-refractivity contribution in [2.75, 3.05) is 0 Å². The quantitative estimate of drug-likeness (QED) is 0.362. The molecule has 0 aliphatic carbocycles. The van der Waals surface area contributed by atoms with E-state index in [0.29, 0.717) is 0 Å². The van der Waals surface area contributed by atoms with Gasteiger partial charge in [-0.25, -0.2) is 0 Å². The zero-order chi connectivity index (χ0) is 9.38. The van der Waals surface area contributed by atoms with E-state index in [-0.39, 0.29) is 0 Å². The maximum atomic E-state index is 3.09. The molecule has 0 spiro atoms. The van der Waals surface area contributed by atoms with Crippen LogP contribution in [0.3, 0.4) is 0 Å². The van der Waals surface area contributed by atoms with E-state index >= 15 is 0 Å². The first-order chi connectivity index (χ1) is 6.95. The fourth-order valence-electron chi connectivity index (χ4n) is 1.83. The van der Waals surface area contributed by atoms with Crippen molar-refractivity contribution in [3.63, 3.8) is 0 Å². The van der Waals surface area contributed by atoms with Crippen LogP contribution < -0.4 is 0 Å². The second-order valence-electron chi connectivity index (χ2n) is 3.36. The van der Waals surface area contributed by atoms with Crippen molar-refractivity contribution in [3.8, 4) is 0 Å². The molecular formula is C14H8-2. The average molecular weight is 176 g/mol. The first-order valence-electron chi connectivity index (χ1n) is 4.64. The van der Waals surface area contributed by atoms with Crippen LogP contribution in [-0.2, 0) is 0 Å². The largest absolute Gasteiger partial charge is 0.183 e. The van der Waals surface area contributed by atoms with Gasteiger partial charge in [-0.3, -0.25) is 0 Å². The van der Waals surface area contributed by atoms with E-state index in [9.17, 15) is 0 Å². The molecule has 14 heavy (non-hydrogen) atoms. The van der Waals surface area contributed by atoms with Gasteiger partial charge in [0.2, 0.25) is 0 Å². The summed E-state index contributed by atoms with van der Waals surface area (Å²) in [4.78, 5) is 0. The molecule has 0 atom stereocenters. The molecule has 0 nitrogen and oxygen atoms in total. The summed E-state index contributed by atoms with van der Waals surface area (Å²) in [6.45, 7) is 0. The van der Waals surface area contributed by atoms with Gasteiger partial charge < -0.3 is 0 Å². The summed E-state index contributed by atoms with van der Waals surface area (Å²) in [6.07, 6.45) is 0. The Hall–Kier alpha value is -1.82. The van der Waals surface area contributed by atoms with Crippen molar-refractivity contribution >= 4 is 21.5 Å². The van der Waals surface area contributed by atoms with E-state index < -0.39 is 0 Å².